The summed E-state index contributed by atoms with van der Waals surface area (Å²) in [6.45, 7) is 4.91. The van der Waals surface area contributed by atoms with E-state index in [2.05, 4.69) is 13.8 Å². The molecule has 0 radical (unpaired) electrons. The van der Waals surface area contributed by atoms with Gasteiger partial charge in [0.1, 0.15) is 5.78 Å². The third-order valence-electron chi connectivity index (χ3n) is 4.37. The number of carbonyl (C=O) groups excluding carboxylic acids is 1. The molecule has 0 saturated heterocycles. The molecule has 74 valence electrons. The Morgan fingerprint density at radius 2 is 2.15 bits per heavy atom. The van der Waals surface area contributed by atoms with Crippen LogP contribution in [0.15, 0.2) is 0 Å². The average molecular weight is 182 g/mol. The van der Waals surface area contributed by atoms with Crippen LogP contribution < -0.4 is 0 Å². The van der Waals surface area contributed by atoms with Crippen LogP contribution in [-0.2, 0) is 9.53 Å². The summed E-state index contributed by atoms with van der Waals surface area (Å²) in [5, 5.41) is 0. The third-order valence-corrected chi connectivity index (χ3v) is 4.37. The predicted octanol–water partition coefficient (Wildman–Crippen LogP) is 2.03. The molecule has 1 spiro atoms. The highest BCUT2D eigenvalue weighted by Gasteiger charge is 2.67. The van der Waals surface area contributed by atoms with Gasteiger partial charge in [-0.15, -0.1) is 0 Å². The van der Waals surface area contributed by atoms with Crippen LogP contribution >= 0.6 is 0 Å². The zero-order valence-corrected chi connectivity index (χ0v) is 8.72. The Labute approximate surface area is 79.7 Å². The number of carbonyl (C=O) groups is 1. The first-order chi connectivity index (χ1) is 6.07. The number of methoxy groups -OCH3 is 1. The summed E-state index contributed by atoms with van der Waals surface area (Å²) in [5.41, 5.74) is 0.126. The first kappa shape index (κ1) is 9.20. The summed E-state index contributed by atoms with van der Waals surface area (Å²) in [7, 11) is 1.69. The molecule has 2 unspecified atom stereocenters. The van der Waals surface area contributed by atoms with Gasteiger partial charge in [0.2, 0.25) is 0 Å². The van der Waals surface area contributed by atoms with Crippen LogP contribution in [0.3, 0.4) is 0 Å². The molecule has 0 aromatic carbocycles. The van der Waals surface area contributed by atoms with Gasteiger partial charge in [-0.2, -0.15) is 0 Å². The van der Waals surface area contributed by atoms with Crippen LogP contribution in [0.25, 0.3) is 0 Å². The van der Waals surface area contributed by atoms with E-state index in [4.69, 9.17) is 4.74 Å². The Morgan fingerprint density at radius 3 is 2.62 bits per heavy atom. The van der Waals surface area contributed by atoms with Gasteiger partial charge in [0.05, 0.1) is 12.0 Å². The number of hydrogen-bond acceptors (Lipinski definition) is 2. The molecule has 2 atom stereocenters. The van der Waals surface area contributed by atoms with E-state index in [0.29, 0.717) is 23.7 Å². The molecule has 0 aliphatic heterocycles. The van der Waals surface area contributed by atoms with Crippen molar-refractivity contribution in [3.8, 4) is 0 Å². The van der Waals surface area contributed by atoms with E-state index in [0.717, 1.165) is 6.42 Å². The Morgan fingerprint density at radius 1 is 1.54 bits per heavy atom. The van der Waals surface area contributed by atoms with Gasteiger partial charge in [-0.05, 0) is 31.1 Å². The lowest BCUT2D eigenvalue weighted by Gasteiger charge is -2.31. The lowest BCUT2D eigenvalue weighted by Crippen LogP contribution is -2.36. The first-order valence-electron chi connectivity index (χ1n) is 5.09. The zero-order chi connectivity index (χ0) is 9.69. The minimum Gasteiger partial charge on any atom is -0.384 e. The first-order valence-corrected chi connectivity index (χ1v) is 5.09. The monoisotopic (exact) mass is 182 g/mol. The van der Waals surface area contributed by atoms with Crippen LogP contribution in [-0.4, -0.2) is 19.5 Å². The van der Waals surface area contributed by atoms with Crippen molar-refractivity contribution >= 4 is 5.78 Å². The van der Waals surface area contributed by atoms with E-state index in [9.17, 15) is 4.79 Å². The summed E-state index contributed by atoms with van der Waals surface area (Å²) in [6.07, 6.45) is 3.21. The van der Waals surface area contributed by atoms with Crippen molar-refractivity contribution in [1.29, 1.82) is 0 Å². The maximum Gasteiger partial charge on any atom is 0.141 e. The molecule has 0 bridgehead atoms. The smallest absolute Gasteiger partial charge is 0.141 e. The van der Waals surface area contributed by atoms with Gasteiger partial charge in [-0.1, -0.05) is 6.92 Å². The zero-order valence-electron chi connectivity index (χ0n) is 8.72. The minimum absolute atomic E-state index is 0.179. The summed E-state index contributed by atoms with van der Waals surface area (Å²) in [4.78, 5) is 11.9. The van der Waals surface area contributed by atoms with Crippen molar-refractivity contribution in [1.82, 2.24) is 0 Å². The van der Waals surface area contributed by atoms with Gasteiger partial charge in [0.25, 0.3) is 0 Å². The molecule has 2 saturated carbocycles. The van der Waals surface area contributed by atoms with E-state index in [1.54, 1.807) is 7.11 Å². The highest BCUT2D eigenvalue weighted by molar-refractivity contribution is 5.89. The van der Waals surface area contributed by atoms with Gasteiger partial charge >= 0.3 is 0 Å². The van der Waals surface area contributed by atoms with E-state index < -0.39 is 0 Å². The Kier molecular flexibility index (Phi) is 1.82. The average Bonchev–Trinajstić information content (AvgIpc) is 2.81. The van der Waals surface area contributed by atoms with Crippen molar-refractivity contribution in [2.24, 2.45) is 16.7 Å². The molecular formula is C11H18O2. The van der Waals surface area contributed by atoms with Gasteiger partial charge in [0, 0.05) is 13.5 Å². The number of rotatable bonds is 2. The van der Waals surface area contributed by atoms with Crippen LogP contribution in [0.2, 0.25) is 0 Å². The molecule has 0 N–H and O–H groups in total. The molecule has 2 fully saturated rings. The van der Waals surface area contributed by atoms with E-state index in [1.165, 1.54) is 12.8 Å². The molecule has 2 rings (SSSR count). The number of Topliss-reactive ketones (excluding diaryl/α,β-unsaturated/α-hetero) is 1. The molecule has 13 heavy (non-hydrogen) atoms. The lowest BCUT2D eigenvalue weighted by atomic mass is 9.74. The molecular weight excluding hydrogens is 164 g/mol. The Balaban J connectivity index is 2.29. The second-order valence-corrected chi connectivity index (χ2v) is 4.95. The summed E-state index contributed by atoms with van der Waals surface area (Å²) in [6, 6.07) is 0. The Bertz CT molecular complexity index is 242. The number of ether oxygens (including phenoxy) is 1. The fourth-order valence-electron chi connectivity index (χ4n) is 3.21. The number of ketones is 1. The minimum atomic E-state index is -0.179. The predicted molar refractivity (Wildman–Crippen MR) is 50.4 cm³/mol. The topological polar surface area (TPSA) is 26.3 Å². The molecule has 0 amide bonds. The molecule has 0 aromatic rings. The van der Waals surface area contributed by atoms with Gasteiger partial charge < -0.3 is 4.74 Å². The molecule has 2 heteroatoms. The van der Waals surface area contributed by atoms with Crippen LogP contribution in [0, 0.1) is 16.7 Å². The molecule has 2 aliphatic rings. The van der Waals surface area contributed by atoms with Gasteiger partial charge in [-0.3, -0.25) is 4.79 Å². The Hall–Kier alpha value is -0.370. The SMILES string of the molecule is COCC1(C)C(=O)CC(C)C12CC2. The summed E-state index contributed by atoms with van der Waals surface area (Å²) < 4.78 is 5.20. The second kappa shape index (κ2) is 2.57. The van der Waals surface area contributed by atoms with Crippen molar-refractivity contribution in [2.75, 3.05) is 13.7 Å². The highest BCUT2D eigenvalue weighted by Crippen LogP contribution is 2.68. The summed E-state index contributed by atoms with van der Waals surface area (Å²) >= 11 is 0. The number of hydrogen-bond donors (Lipinski definition) is 0. The standard InChI is InChI=1S/C11H18O2/c1-8-6-9(12)10(2,7-13-3)11(8)4-5-11/h8H,4-7H2,1-3H3. The van der Waals surface area contributed by atoms with Crippen LogP contribution in [0.1, 0.15) is 33.1 Å². The lowest BCUT2D eigenvalue weighted by molar-refractivity contribution is -0.130. The maximum absolute atomic E-state index is 11.9. The highest BCUT2D eigenvalue weighted by atomic mass is 16.5. The molecule has 2 aliphatic carbocycles. The fraction of sp³-hybridized carbons (Fsp3) is 0.909. The third kappa shape index (κ3) is 0.954. The van der Waals surface area contributed by atoms with E-state index >= 15 is 0 Å². The van der Waals surface area contributed by atoms with Crippen molar-refractivity contribution < 1.29 is 9.53 Å². The van der Waals surface area contributed by atoms with E-state index in [1.807, 2.05) is 0 Å². The van der Waals surface area contributed by atoms with Gasteiger partial charge in [-0.25, -0.2) is 0 Å². The maximum atomic E-state index is 11.9. The normalized spacial score (nSPS) is 41.5. The second-order valence-electron chi connectivity index (χ2n) is 4.95. The van der Waals surface area contributed by atoms with Crippen LogP contribution in [0.5, 0.6) is 0 Å². The van der Waals surface area contributed by atoms with E-state index in [-0.39, 0.29) is 5.41 Å². The van der Waals surface area contributed by atoms with Crippen molar-refractivity contribution in [3.63, 3.8) is 0 Å². The largest absolute Gasteiger partial charge is 0.384 e. The van der Waals surface area contributed by atoms with Crippen molar-refractivity contribution in [3.05, 3.63) is 0 Å². The van der Waals surface area contributed by atoms with Gasteiger partial charge in [0.15, 0.2) is 0 Å². The van der Waals surface area contributed by atoms with Crippen molar-refractivity contribution in [2.45, 2.75) is 33.1 Å². The molecule has 0 heterocycles. The molecule has 2 nitrogen and oxygen atoms in total. The summed E-state index contributed by atoms with van der Waals surface area (Å²) in [5.74, 6) is 0.986. The quantitative estimate of drug-likeness (QED) is 0.653. The molecule has 0 aromatic heterocycles. The fourth-order valence-corrected chi connectivity index (χ4v) is 3.21. The van der Waals surface area contributed by atoms with Crippen LogP contribution in [0.4, 0.5) is 0 Å².